The second-order valence-electron chi connectivity index (χ2n) is 9.20. The van der Waals surface area contributed by atoms with Gasteiger partial charge < -0.3 is 15.4 Å². The van der Waals surface area contributed by atoms with Crippen molar-refractivity contribution < 1.29 is 19.1 Å². The Bertz CT molecular complexity index is 1090. The maximum atomic E-state index is 13.3. The minimum atomic E-state index is -0.735. The van der Waals surface area contributed by atoms with Gasteiger partial charge in [0.1, 0.15) is 11.8 Å². The molecule has 6 heteroatoms. The Morgan fingerprint density at radius 3 is 2.52 bits per heavy atom. The lowest BCUT2D eigenvalue weighted by atomic mass is 9.86. The van der Waals surface area contributed by atoms with Crippen LogP contribution in [0.4, 0.5) is 5.69 Å². The summed E-state index contributed by atoms with van der Waals surface area (Å²) < 4.78 is 6.06. The molecule has 0 saturated heterocycles. The van der Waals surface area contributed by atoms with Crippen LogP contribution in [-0.4, -0.2) is 30.1 Å². The van der Waals surface area contributed by atoms with E-state index in [1.807, 2.05) is 24.3 Å². The van der Waals surface area contributed by atoms with E-state index in [0.29, 0.717) is 18.0 Å². The number of hydrogen-bond acceptors (Lipinski definition) is 6. The van der Waals surface area contributed by atoms with Gasteiger partial charge in [-0.2, -0.15) is 0 Å². The van der Waals surface area contributed by atoms with Crippen LogP contribution in [0, 0.1) is 11.8 Å². The molecule has 2 aromatic rings. The van der Waals surface area contributed by atoms with Gasteiger partial charge in [-0.1, -0.05) is 55.0 Å². The van der Waals surface area contributed by atoms with E-state index in [2.05, 4.69) is 10.6 Å². The molecule has 5 rings (SSSR count). The van der Waals surface area contributed by atoms with Gasteiger partial charge in [0.25, 0.3) is 0 Å². The molecule has 0 radical (unpaired) electrons. The molecule has 2 saturated carbocycles. The fourth-order valence-corrected chi connectivity index (χ4v) is 4.85. The van der Waals surface area contributed by atoms with Gasteiger partial charge in [0.15, 0.2) is 0 Å². The number of esters is 1. The Balaban J connectivity index is 1.38. The van der Waals surface area contributed by atoms with Gasteiger partial charge in [0.2, 0.25) is 11.6 Å². The van der Waals surface area contributed by atoms with E-state index in [9.17, 15) is 14.4 Å². The van der Waals surface area contributed by atoms with Crippen LogP contribution in [-0.2, 0) is 14.3 Å². The number of ether oxygens (including phenoxy) is 1. The summed E-state index contributed by atoms with van der Waals surface area (Å²) in [5, 5.41) is 6.67. The van der Waals surface area contributed by atoms with Gasteiger partial charge in [-0.3, -0.25) is 9.59 Å². The molecule has 2 N–H and O–H groups in total. The van der Waals surface area contributed by atoms with Crippen molar-refractivity contribution >= 4 is 23.2 Å². The van der Waals surface area contributed by atoms with E-state index in [1.54, 1.807) is 30.3 Å². The monoisotopic (exact) mass is 444 g/mol. The zero-order chi connectivity index (χ0) is 22.8. The highest BCUT2D eigenvalue weighted by Gasteiger charge is 2.42. The molecule has 0 amide bonds. The molecule has 0 aromatic heterocycles. The fraction of sp³-hybridized carbons (Fsp3) is 0.370. The van der Waals surface area contributed by atoms with E-state index >= 15 is 0 Å². The molecule has 2 fully saturated rings. The summed E-state index contributed by atoms with van der Waals surface area (Å²) in [5.74, 6) is -1.29. The second-order valence-corrected chi connectivity index (χ2v) is 9.20. The first kappa shape index (κ1) is 21.4. The largest absolute Gasteiger partial charge is 0.452 e. The van der Waals surface area contributed by atoms with Gasteiger partial charge in [-0.25, -0.2) is 4.79 Å². The molecule has 2 aromatic carbocycles. The fourth-order valence-electron chi connectivity index (χ4n) is 4.85. The van der Waals surface area contributed by atoms with Crippen LogP contribution in [0.2, 0.25) is 0 Å². The standard InChI is InChI=1S/C27H28N2O4/c30-24(25(31)18-7-2-1-3-8-18)15-23(28-16-17-13-14-17)27(32)33-26-19-9-4-5-11-21(19)29-22-12-6-10-20(22)26/h1-5,7-9,11,15,17,20,22,26,28-29H,6,10,12-14,16H2. The predicted octanol–water partition coefficient (Wildman–Crippen LogP) is 4.20. The Hall–Kier alpha value is -3.41. The van der Waals surface area contributed by atoms with E-state index in [-0.39, 0.29) is 23.8 Å². The first-order chi connectivity index (χ1) is 16.1. The van der Waals surface area contributed by atoms with Crippen molar-refractivity contribution in [1.29, 1.82) is 0 Å². The number of Topliss-reactive ketones (excluding diaryl/α,β-unsaturated/α-hetero) is 1. The van der Waals surface area contributed by atoms with Crippen LogP contribution in [0.5, 0.6) is 0 Å². The number of fused-ring (bicyclic) bond motifs is 2. The molecule has 0 bridgehead atoms. The summed E-state index contributed by atoms with van der Waals surface area (Å²) in [6.07, 6.45) is 6.02. The zero-order valence-electron chi connectivity index (χ0n) is 18.5. The lowest BCUT2D eigenvalue weighted by Gasteiger charge is -2.36. The van der Waals surface area contributed by atoms with Crippen LogP contribution >= 0.6 is 0 Å². The Morgan fingerprint density at radius 2 is 1.73 bits per heavy atom. The van der Waals surface area contributed by atoms with Crippen molar-refractivity contribution in [1.82, 2.24) is 5.32 Å². The van der Waals surface area contributed by atoms with Gasteiger partial charge in [0, 0.05) is 41.4 Å². The third kappa shape index (κ3) is 4.70. The molecule has 0 spiro atoms. The first-order valence-electron chi connectivity index (χ1n) is 11.8. The van der Waals surface area contributed by atoms with E-state index in [0.717, 1.165) is 49.4 Å². The third-order valence-corrected chi connectivity index (χ3v) is 6.83. The normalized spacial score (nSPS) is 23.6. The molecule has 1 heterocycles. The molecule has 3 atom stereocenters. The third-order valence-electron chi connectivity index (χ3n) is 6.83. The Kier molecular flexibility index (Phi) is 5.99. The number of nitrogens with one attached hydrogen (secondary N) is 2. The summed E-state index contributed by atoms with van der Waals surface area (Å²) in [4.78, 5) is 38.6. The van der Waals surface area contributed by atoms with Crippen LogP contribution in [0.1, 0.15) is 54.1 Å². The molecule has 6 nitrogen and oxygen atoms in total. The molecule has 1 aliphatic heterocycles. The van der Waals surface area contributed by atoms with Crippen LogP contribution < -0.4 is 10.6 Å². The molecule has 2 aliphatic carbocycles. The minimum absolute atomic E-state index is 0.0572. The smallest absolute Gasteiger partial charge is 0.355 e. The van der Waals surface area contributed by atoms with Gasteiger partial charge in [-0.15, -0.1) is 0 Å². The second kappa shape index (κ2) is 9.22. The van der Waals surface area contributed by atoms with Gasteiger partial charge in [-0.05, 0) is 37.7 Å². The number of allylic oxidation sites excluding steroid dienone is 1. The molecular formula is C27H28N2O4. The summed E-state index contributed by atoms with van der Waals surface area (Å²) >= 11 is 0. The lowest BCUT2D eigenvalue weighted by molar-refractivity contribution is -0.148. The summed E-state index contributed by atoms with van der Waals surface area (Å²) in [7, 11) is 0. The number of rotatable bonds is 8. The highest BCUT2D eigenvalue weighted by molar-refractivity contribution is 6.47. The highest BCUT2D eigenvalue weighted by Crippen LogP contribution is 2.46. The van der Waals surface area contributed by atoms with E-state index in [4.69, 9.17) is 4.74 Å². The van der Waals surface area contributed by atoms with Crippen molar-refractivity contribution in [2.45, 2.75) is 44.2 Å². The number of hydrogen-bond donors (Lipinski definition) is 2. The van der Waals surface area contributed by atoms with Crippen molar-refractivity contribution in [2.75, 3.05) is 11.9 Å². The Morgan fingerprint density at radius 1 is 0.970 bits per heavy atom. The number of carbonyl (C=O) groups excluding carboxylic acids is 3. The molecular weight excluding hydrogens is 416 g/mol. The highest BCUT2D eigenvalue weighted by atomic mass is 16.5. The number of ketones is 2. The maximum Gasteiger partial charge on any atom is 0.355 e. The van der Waals surface area contributed by atoms with E-state index in [1.165, 1.54) is 0 Å². The molecule has 3 unspecified atom stereocenters. The SMILES string of the molecule is O=C(C=C(NCC1CC1)C(=O)OC1c2ccccc2NC2CCCC21)C(=O)c1ccccc1. The van der Waals surface area contributed by atoms with E-state index < -0.39 is 17.5 Å². The number of anilines is 1. The zero-order valence-corrected chi connectivity index (χ0v) is 18.5. The van der Waals surface area contributed by atoms with Crippen molar-refractivity contribution in [3.8, 4) is 0 Å². The van der Waals surface area contributed by atoms with Gasteiger partial charge in [0.05, 0.1) is 0 Å². The average Bonchev–Trinajstić information content (AvgIpc) is 3.56. The van der Waals surface area contributed by atoms with Crippen molar-refractivity contribution in [3.05, 3.63) is 77.5 Å². The topological polar surface area (TPSA) is 84.5 Å². The van der Waals surface area contributed by atoms with Crippen LogP contribution in [0.15, 0.2) is 66.4 Å². The van der Waals surface area contributed by atoms with Gasteiger partial charge >= 0.3 is 5.97 Å². The first-order valence-corrected chi connectivity index (χ1v) is 11.8. The van der Waals surface area contributed by atoms with Crippen LogP contribution in [0.25, 0.3) is 0 Å². The summed E-state index contributed by atoms with van der Waals surface area (Å²) in [6.45, 7) is 0.586. The average molecular weight is 445 g/mol. The molecule has 170 valence electrons. The number of para-hydroxylation sites is 1. The number of benzene rings is 2. The quantitative estimate of drug-likeness (QED) is 0.275. The predicted molar refractivity (Wildman–Crippen MR) is 125 cm³/mol. The summed E-state index contributed by atoms with van der Waals surface area (Å²) in [5.41, 5.74) is 2.31. The minimum Gasteiger partial charge on any atom is -0.452 e. The van der Waals surface area contributed by atoms with Crippen molar-refractivity contribution in [2.24, 2.45) is 11.8 Å². The Labute approximate surface area is 193 Å². The van der Waals surface area contributed by atoms with Crippen molar-refractivity contribution in [3.63, 3.8) is 0 Å². The molecule has 3 aliphatic rings. The van der Waals surface area contributed by atoms with Crippen LogP contribution in [0.3, 0.4) is 0 Å². The summed E-state index contributed by atoms with van der Waals surface area (Å²) in [6, 6.07) is 16.6. The number of carbonyl (C=O) groups is 3. The lowest BCUT2D eigenvalue weighted by Crippen LogP contribution is -2.37. The maximum absolute atomic E-state index is 13.3. The molecule has 33 heavy (non-hydrogen) atoms.